The summed E-state index contributed by atoms with van der Waals surface area (Å²) < 4.78 is 16.5. The van der Waals surface area contributed by atoms with E-state index in [0.717, 1.165) is 35.7 Å². The molecule has 0 spiro atoms. The first kappa shape index (κ1) is 20.1. The molecule has 0 aliphatic carbocycles. The second-order valence-electron chi connectivity index (χ2n) is 6.06. The molecule has 0 unspecified atom stereocenters. The maximum absolute atomic E-state index is 5.83. The fourth-order valence-electron chi connectivity index (χ4n) is 2.92. The van der Waals surface area contributed by atoms with Crippen LogP contribution in [0.15, 0.2) is 52.1 Å². The van der Waals surface area contributed by atoms with Gasteiger partial charge in [0.2, 0.25) is 5.89 Å². The predicted molar refractivity (Wildman–Crippen MR) is 112 cm³/mol. The van der Waals surface area contributed by atoms with Crippen LogP contribution in [0.1, 0.15) is 19.4 Å². The summed E-state index contributed by atoms with van der Waals surface area (Å²) >= 11 is 1.47. The molecule has 3 aromatic rings. The van der Waals surface area contributed by atoms with Gasteiger partial charge < -0.3 is 18.8 Å². The van der Waals surface area contributed by atoms with E-state index < -0.39 is 0 Å². The predicted octanol–water partition coefficient (Wildman–Crippen LogP) is 4.89. The third-order valence-electron chi connectivity index (χ3n) is 4.49. The average Bonchev–Trinajstić information content (AvgIpc) is 3.22. The highest BCUT2D eigenvalue weighted by Gasteiger charge is 2.12. The Balaban J connectivity index is 1.69. The van der Waals surface area contributed by atoms with Gasteiger partial charge in [-0.2, -0.15) is 0 Å². The zero-order valence-electron chi connectivity index (χ0n) is 16.6. The number of benzene rings is 2. The van der Waals surface area contributed by atoms with Crippen LogP contribution < -0.4 is 14.4 Å². The SMILES string of the molecule is CCN(CC)c1ccc(-c2nnc(SCc3cc(OC)ccc3OC)o2)cc1. The number of thioether (sulfide) groups is 1. The summed E-state index contributed by atoms with van der Waals surface area (Å²) in [6.07, 6.45) is 0. The van der Waals surface area contributed by atoms with E-state index in [9.17, 15) is 0 Å². The summed E-state index contributed by atoms with van der Waals surface area (Å²) in [5, 5.41) is 8.86. The van der Waals surface area contributed by atoms with Crippen LogP contribution >= 0.6 is 11.8 Å². The molecule has 0 saturated heterocycles. The van der Waals surface area contributed by atoms with Crippen LogP contribution in [0.2, 0.25) is 0 Å². The number of methoxy groups -OCH3 is 2. The third-order valence-corrected chi connectivity index (χ3v) is 5.36. The Morgan fingerprint density at radius 2 is 1.71 bits per heavy atom. The number of nitrogens with zero attached hydrogens (tertiary/aromatic N) is 3. The van der Waals surface area contributed by atoms with Crippen molar-refractivity contribution in [2.24, 2.45) is 0 Å². The Labute approximate surface area is 169 Å². The zero-order chi connectivity index (χ0) is 19.9. The molecule has 0 amide bonds. The highest BCUT2D eigenvalue weighted by atomic mass is 32.2. The average molecular weight is 400 g/mol. The first-order valence-corrected chi connectivity index (χ1v) is 10.2. The molecule has 0 bridgehead atoms. The number of aromatic nitrogens is 2. The van der Waals surface area contributed by atoms with Crippen LogP contribution in [0.3, 0.4) is 0 Å². The summed E-state index contributed by atoms with van der Waals surface area (Å²) in [5.74, 6) is 2.75. The maximum atomic E-state index is 5.83. The summed E-state index contributed by atoms with van der Waals surface area (Å²) in [4.78, 5) is 2.29. The van der Waals surface area contributed by atoms with Gasteiger partial charge >= 0.3 is 0 Å². The smallest absolute Gasteiger partial charge is 0.277 e. The highest BCUT2D eigenvalue weighted by molar-refractivity contribution is 7.98. The largest absolute Gasteiger partial charge is 0.497 e. The molecule has 1 aromatic heterocycles. The monoisotopic (exact) mass is 399 g/mol. The van der Waals surface area contributed by atoms with Crippen molar-refractivity contribution in [2.45, 2.75) is 24.8 Å². The molecule has 0 radical (unpaired) electrons. The quantitative estimate of drug-likeness (QED) is 0.475. The first-order chi connectivity index (χ1) is 13.7. The molecular weight excluding hydrogens is 374 g/mol. The lowest BCUT2D eigenvalue weighted by Gasteiger charge is -2.20. The molecule has 148 valence electrons. The maximum Gasteiger partial charge on any atom is 0.277 e. The number of ether oxygens (including phenoxy) is 2. The lowest BCUT2D eigenvalue weighted by Crippen LogP contribution is -2.21. The van der Waals surface area contributed by atoms with Crippen LogP contribution in [0.4, 0.5) is 5.69 Å². The van der Waals surface area contributed by atoms with Crippen LogP contribution in [0.5, 0.6) is 11.5 Å². The van der Waals surface area contributed by atoms with Gasteiger partial charge in [0, 0.05) is 35.7 Å². The lowest BCUT2D eigenvalue weighted by molar-refractivity contribution is 0.400. The van der Waals surface area contributed by atoms with Crippen molar-refractivity contribution in [2.75, 3.05) is 32.2 Å². The van der Waals surface area contributed by atoms with Gasteiger partial charge in [-0.25, -0.2) is 0 Å². The fraction of sp³-hybridized carbons (Fsp3) is 0.333. The molecule has 0 aliphatic rings. The van der Waals surface area contributed by atoms with Crippen molar-refractivity contribution in [3.05, 3.63) is 48.0 Å². The molecule has 0 atom stereocenters. The minimum absolute atomic E-state index is 0.520. The van der Waals surface area contributed by atoms with Gasteiger partial charge in [-0.1, -0.05) is 11.8 Å². The van der Waals surface area contributed by atoms with Crippen molar-refractivity contribution in [3.63, 3.8) is 0 Å². The van der Waals surface area contributed by atoms with Crippen LogP contribution in [-0.2, 0) is 5.75 Å². The van der Waals surface area contributed by atoms with Gasteiger partial charge in [-0.3, -0.25) is 0 Å². The first-order valence-electron chi connectivity index (χ1n) is 9.21. The van der Waals surface area contributed by atoms with Crippen molar-refractivity contribution >= 4 is 17.4 Å². The topological polar surface area (TPSA) is 60.6 Å². The molecule has 7 heteroatoms. The Kier molecular flexibility index (Phi) is 6.81. The molecule has 0 N–H and O–H groups in total. The molecule has 1 heterocycles. The minimum Gasteiger partial charge on any atom is -0.497 e. The Morgan fingerprint density at radius 3 is 2.36 bits per heavy atom. The van der Waals surface area contributed by atoms with Crippen LogP contribution in [0.25, 0.3) is 11.5 Å². The molecule has 0 saturated carbocycles. The van der Waals surface area contributed by atoms with E-state index in [2.05, 4.69) is 41.1 Å². The minimum atomic E-state index is 0.520. The Morgan fingerprint density at radius 1 is 0.964 bits per heavy atom. The fourth-order valence-corrected chi connectivity index (χ4v) is 3.66. The van der Waals surface area contributed by atoms with Gasteiger partial charge in [-0.05, 0) is 56.3 Å². The van der Waals surface area contributed by atoms with Gasteiger partial charge in [0.15, 0.2) is 0 Å². The molecule has 0 fully saturated rings. The van der Waals surface area contributed by atoms with E-state index in [1.807, 2.05) is 30.3 Å². The second-order valence-corrected chi connectivity index (χ2v) is 6.99. The Bertz CT molecular complexity index is 892. The lowest BCUT2D eigenvalue weighted by atomic mass is 10.2. The molecule has 3 rings (SSSR count). The van der Waals surface area contributed by atoms with E-state index >= 15 is 0 Å². The number of rotatable bonds is 9. The van der Waals surface area contributed by atoms with Gasteiger partial charge in [-0.15, -0.1) is 10.2 Å². The number of anilines is 1. The van der Waals surface area contributed by atoms with Crippen LogP contribution in [0, 0.1) is 0 Å². The van der Waals surface area contributed by atoms with Gasteiger partial charge in [0.25, 0.3) is 5.22 Å². The standard InChI is InChI=1S/C21H25N3O3S/c1-5-24(6-2)17-9-7-15(8-10-17)20-22-23-21(27-20)28-14-16-13-18(25-3)11-12-19(16)26-4/h7-13H,5-6,14H2,1-4H3. The van der Waals surface area contributed by atoms with E-state index in [1.54, 1.807) is 14.2 Å². The summed E-state index contributed by atoms with van der Waals surface area (Å²) in [5.41, 5.74) is 3.11. The van der Waals surface area contributed by atoms with E-state index in [-0.39, 0.29) is 0 Å². The second kappa shape index (κ2) is 9.50. The summed E-state index contributed by atoms with van der Waals surface area (Å²) in [6.45, 7) is 6.25. The van der Waals surface area contributed by atoms with Crippen molar-refractivity contribution in [3.8, 4) is 23.0 Å². The number of hydrogen-bond donors (Lipinski definition) is 0. The number of hydrogen-bond acceptors (Lipinski definition) is 7. The highest BCUT2D eigenvalue weighted by Crippen LogP contribution is 2.31. The van der Waals surface area contributed by atoms with Gasteiger partial charge in [0.05, 0.1) is 14.2 Å². The Hall–Kier alpha value is -2.67. The van der Waals surface area contributed by atoms with Gasteiger partial charge in [0.1, 0.15) is 11.5 Å². The third kappa shape index (κ3) is 4.59. The summed E-state index contributed by atoms with van der Waals surface area (Å²) in [7, 11) is 3.30. The van der Waals surface area contributed by atoms with E-state index in [4.69, 9.17) is 13.9 Å². The molecule has 28 heavy (non-hydrogen) atoms. The molecular formula is C21H25N3O3S. The van der Waals surface area contributed by atoms with Crippen LogP contribution in [-0.4, -0.2) is 37.5 Å². The molecule has 0 aliphatic heterocycles. The zero-order valence-corrected chi connectivity index (χ0v) is 17.5. The van der Waals surface area contributed by atoms with Crippen molar-refractivity contribution < 1.29 is 13.9 Å². The molecule has 2 aromatic carbocycles. The van der Waals surface area contributed by atoms with E-state index in [1.165, 1.54) is 17.4 Å². The molecule has 6 nitrogen and oxygen atoms in total. The van der Waals surface area contributed by atoms with E-state index in [0.29, 0.717) is 16.9 Å². The van der Waals surface area contributed by atoms with Crippen molar-refractivity contribution in [1.29, 1.82) is 0 Å². The summed E-state index contributed by atoms with van der Waals surface area (Å²) in [6, 6.07) is 13.9. The normalized spacial score (nSPS) is 10.7. The van der Waals surface area contributed by atoms with Crippen molar-refractivity contribution in [1.82, 2.24) is 10.2 Å².